The van der Waals surface area contributed by atoms with Crippen LogP contribution in [0, 0.1) is 0 Å². The Morgan fingerprint density at radius 2 is 1.96 bits per heavy atom. The van der Waals surface area contributed by atoms with Crippen LogP contribution < -0.4 is 14.8 Å². The SMILES string of the molecule is COc1cccc(C(=O)Nc2ncc(Cc3ccccc3Cl)s2)c1OC. The van der Waals surface area contributed by atoms with Crippen molar-refractivity contribution in [1.29, 1.82) is 0 Å². The van der Waals surface area contributed by atoms with Crippen LogP contribution in [0.2, 0.25) is 5.02 Å². The van der Waals surface area contributed by atoms with Crippen molar-refractivity contribution in [1.82, 2.24) is 4.98 Å². The predicted octanol–water partition coefficient (Wildman–Crippen LogP) is 4.66. The van der Waals surface area contributed by atoms with Gasteiger partial charge in [0.25, 0.3) is 5.91 Å². The Kier molecular flexibility index (Phi) is 5.75. The maximum absolute atomic E-state index is 12.6. The average molecular weight is 389 g/mol. The van der Waals surface area contributed by atoms with Gasteiger partial charge in [0.05, 0.1) is 19.8 Å². The minimum absolute atomic E-state index is 0.306. The highest BCUT2D eigenvalue weighted by molar-refractivity contribution is 7.15. The van der Waals surface area contributed by atoms with Crippen molar-refractivity contribution >= 4 is 34.0 Å². The van der Waals surface area contributed by atoms with Gasteiger partial charge in [-0.1, -0.05) is 35.9 Å². The number of thiazole rings is 1. The van der Waals surface area contributed by atoms with E-state index >= 15 is 0 Å². The fourth-order valence-corrected chi connectivity index (χ4v) is 3.54. The Bertz CT molecular complexity index is 927. The van der Waals surface area contributed by atoms with Crippen molar-refractivity contribution in [2.24, 2.45) is 0 Å². The highest BCUT2D eigenvalue weighted by Crippen LogP contribution is 2.32. The zero-order valence-electron chi connectivity index (χ0n) is 14.3. The van der Waals surface area contributed by atoms with E-state index in [1.807, 2.05) is 24.3 Å². The number of nitrogens with zero attached hydrogens (tertiary/aromatic N) is 1. The highest BCUT2D eigenvalue weighted by Gasteiger charge is 2.17. The van der Waals surface area contributed by atoms with Gasteiger partial charge in [-0.3, -0.25) is 10.1 Å². The molecule has 7 heteroatoms. The van der Waals surface area contributed by atoms with E-state index < -0.39 is 0 Å². The summed E-state index contributed by atoms with van der Waals surface area (Å²) in [6, 6.07) is 12.8. The molecule has 0 radical (unpaired) electrons. The van der Waals surface area contributed by atoms with Crippen molar-refractivity contribution in [3.8, 4) is 11.5 Å². The molecule has 0 atom stereocenters. The molecular weight excluding hydrogens is 372 g/mol. The summed E-state index contributed by atoms with van der Waals surface area (Å²) in [5.41, 5.74) is 1.40. The molecule has 1 aromatic heterocycles. The molecule has 1 heterocycles. The molecule has 2 aromatic carbocycles. The molecule has 26 heavy (non-hydrogen) atoms. The number of halogens is 1. The maximum Gasteiger partial charge on any atom is 0.261 e. The largest absolute Gasteiger partial charge is 0.493 e. The number of hydrogen-bond acceptors (Lipinski definition) is 5. The van der Waals surface area contributed by atoms with Gasteiger partial charge in [0.1, 0.15) is 0 Å². The average Bonchev–Trinajstić information content (AvgIpc) is 3.09. The van der Waals surface area contributed by atoms with Crippen LogP contribution in [0.3, 0.4) is 0 Å². The van der Waals surface area contributed by atoms with Crippen LogP contribution in [0.1, 0.15) is 20.8 Å². The van der Waals surface area contributed by atoms with Crippen molar-refractivity contribution in [3.05, 3.63) is 69.7 Å². The molecule has 0 aliphatic carbocycles. The first-order chi connectivity index (χ1) is 12.6. The van der Waals surface area contributed by atoms with Crippen molar-refractivity contribution in [3.63, 3.8) is 0 Å². The van der Waals surface area contributed by atoms with E-state index in [0.29, 0.717) is 33.6 Å². The lowest BCUT2D eigenvalue weighted by molar-refractivity contribution is 0.102. The van der Waals surface area contributed by atoms with E-state index in [4.69, 9.17) is 21.1 Å². The summed E-state index contributed by atoms with van der Waals surface area (Å²) in [7, 11) is 3.03. The molecule has 134 valence electrons. The molecule has 3 rings (SSSR count). The van der Waals surface area contributed by atoms with E-state index in [2.05, 4.69) is 10.3 Å². The second kappa shape index (κ2) is 8.21. The van der Waals surface area contributed by atoms with Gasteiger partial charge in [-0.15, -0.1) is 11.3 Å². The Balaban J connectivity index is 1.75. The lowest BCUT2D eigenvalue weighted by Crippen LogP contribution is -2.13. The number of rotatable bonds is 6. The lowest BCUT2D eigenvalue weighted by atomic mass is 10.1. The second-order valence-corrected chi connectivity index (χ2v) is 6.92. The number of nitrogens with one attached hydrogen (secondary N) is 1. The highest BCUT2D eigenvalue weighted by atomic mass is 35.5. The number of para-hydroxylation sites is 1. The van der Waals surface area contributed by atoms with Crippen LogP contribution in [0.15, 0.2) is 48.7 Å². The van der Waals surface area contributed by atoms with E-state index in [1.54, 1.807) is 24.4 Å². The van der Waals surface area contributed by atoms with Gasteiger partial charge in [-0.2, -0.15) is 0 Å². The van der Waals surface area contributed by atoms with E-state index in [1.165, 1.54) is 25.6 Å². The summed E-state index contributed by atoms with van der Waals surface area (Å²) in [4.78, 5) is 17.9. The molecular formula is C19H17ClN2O3S. The number of amides is 1. The monoisotopic (exact) mass is 388 g/mol. The fourth-order valence-electron chi connectivity index (χ4n) is 2.51. The van der Waals surface area contributed by atoms with Crippen LogP contribution in [0.5, 0.6) is 11.5 Å². The first-order valence-corrected chi connectivity index (χ1v) is 9.02. The normalized spacial score (nSPS) is 10.4. The van der Waals surface area contributed by atoms with Gasteiger partial charge in [-0.25, -0.2) is 4.98 Å². The van der Waals surface area contributed by atoms with Crippen molar-refractivity contribution in [2.45, 2.75) is 6.42 Å². The number of anilines is 1. The molecule has 3 aromatic rings. The Hall–Kier alpha value is -2.57. The topological polar surface area (TPSA) is 60.5 Å². The molecule has 0 spiro atoms. The Morgan fingerprint density at radius 1 is 1.15 bits per heavy atom. The van der Waals surface area contributed by atoms with E-state index in [9.17, 15) is 4.79 Å². The standard InChI is InChI=1S/C19H17ClN2O3S/c1-24-16-9-5-7-14(17(16)25-2)18(23)22-19-21-11-13(26-19)10-12-6-3-4-8-15(12)20/h3-9,11H,10H2,1-2H3,(H,21,22,23). The smallest absolute Gasteiger partial charge is 0.261 e. The molecule has 0 saturated carbocycles. The minimum atomic E-state index is -0.306. The zero-order chi connectivity index (χ0) is 18.5. The number of benzene rings is 2. The van der Waals surface area contributed by atoms with Crippen LogP contribution >= 0.6 is 22.9 Å². The number of hydrogen-bond donors (Lipinski definition) is 1. The first kappa shape index (κ1) is 18.2. The molecule has 0 aliphatic rings. The molecule has 0 saturated heterocycles. The maximum atomic E-state index is 12.6. The third kappa shape index (κ3) is 3.98. The van der Waals surface area contributed by atoms with Crippen LogP contribution in [0.4, 0.5) is 5.13 Å². The molecule has 0 unspecified atom stereocenters. The number of carbonyl (C=O) groups is 1. The van der Waals surface area contributed by atoms with Gasteiger partial charge in [0.2, 0.25) is 0 Å². The van der Waals surface area contributed by atoms with Crippen LogP contribution in [0.25, 0.3) is 0 Å². The van der Waals surface area contributed by atoms with Gasteiger partial charge < -0.3 is 9.47 Å². The third-order valence-corrected chi connectivity index (χ3v) is 5.03. The van der Waals surface area contributed by atoms with Crippen molar-refractivity contribution < 1.29 is 14.3 Å². The number of aromatic nitrogens is 1. The minimum Gasteiger partial charge on any atom is -0.493 e. The van der Waals surface area contributed by atoms with Crippen molar-refractivity contribution in [2.75, 3.05) is 19.5 Å². The van der Waals surface area contributed by atoms with E-state index in [-0.39, 0.29) is 5.91 Å². The molecule has 0 aliphatic heterocycles. The molecule has 5 nitrogen and oxygen atoms in total. The molecule has 1 N–H and O–H groups in total. The van der Waals surface area contributed by atoms with Crippen LogP contribution in [-0.2, 0) is 6.42 Å². The fraction of sp³-hybridized carbons (Fsp3) is 0.158. The van der Waals surface area contributed by atoms with Gasteiger partial charge >= 0.3 is 0 Å². The molecule has 1 amide bonds. The van der Waals surface area contributed by atoms with Gasteiger partial charge in [0.15, 0.2) is 16.6 Å². The Morgan fingerprint density at radius 3 is 2.69 bits per heavy atom. The summed E-state index contributed by atoms with van der Waals surface area (Å²) in [6.45, 7) is 0. The summed E-state index contributed by atoms with van der Waals surface area (Å²) in [6.07, 6.45) is 2.40. The second-order valence-electron chi connectivity index (χ2n) is 5.40. The first-order valence-electron chi connectivity index (χ1n) is 7.83. The quantitative estimate of drug-likeness (QED) is 0.667. The predicted molar refractivity (Wildman–Crippen MR) is 104 cm³/mol. The number of carbonyl (C=O) groups excluding carboxylic acids is 1. The third-order valence-electron chi connectivity index (χ3n) is 3.74. The van der Waals surface area contributed by atoms with E-state index in [0.717, 1.165) is 10.4 Å². The molecule has 0 fully saturated rings. The summed E-state index contributed by atoms with van der Waals surface area (Å²) in [5.74, 6) is 0.582. The summed E-state index contributed by atoms with van der Waals surface area (Å²) in [5, 5.41) is 4.04. The van der Waals surface area contributed by atoms with Gasteiger partial charge in [-0.05, 0) is 23.8 Å². The Labute approximate surface area is 160 Å². The lowest BCUT2D eigenvalue weighted by Gasteiger charge is -2.11. The van der Waals surface area contributed by atoms with Crippen LogP contribution in [-0.4, -0.2) is 25.1 Å². The number of methoxy groups -OCH3 is 2. The zero-order valence-corrected chi connectivity index (χ0v) is 15.9. The molecule has 0 bridgehead atoms. The summed E-state index contributed by atoms with van der Waals surface area (Å²) >= 11 is 7.61. The van der Waals surface area contributed by atoms with Gasteiger partial charge in [0, 0.05) is 22.5 Å². The summed E-state index contributed by atoms with van der Waals surface area (Å²) < 4.78 is 10.5. The number of ether oxygens (including phenoxy) is 2.